The van der Waals surface area contributed by atoms with E-state index < -0.39 is 41.6 Å². The number of ether oxygens (including phenoxy) is 3. The minimum atomic E-state index is -1.72. The van der Waals surface area contributed by atoms with Crippen LogP contribution in [0.15, 0.2) is 36.4 Å². The van der Waals surface area contributed by atoms with Crippen LogP contribution >= 0.6 is 0 Å². The van der Waals surface area contributed by atoms with Gasteiger partial charge >= 0.3 is 5.97 Å². The predicted octanol–water partition coefficient (Wildman–Crippen LogP) is 3.32. The van der Waals surface area contributed by atoms with Gasteiger partial charge in [-0.3, -0.25) is 4.79 Å². The molecule has 0 spiro atoms. The molecule has 2 aromatic carbocycles. The van der Waals surface area contributed by atoms with Gasteiger partial charge < -0.3 is 19.5 Å². The second-order valence-corrected chi connectivity index (χ2v) is 5.33. The molecular weight excluding hydrogens is 379 g/mol. The molecule has 148 valence electrons. The van der Waals surface area contributed by atoms with E-state index >= 15 is 0 Å². The first-order chi connectivity index (χ1) is 13.3. The van der Waals surface area contributed by atoms with E-state index in [4.69, 9.17) is 14.2 Å². The molecule has 2 aromatic rings. The van der Waals surface area contributed by atoms with Crippen molar-refractivity contribution in [2.45, 2.75) is 0 Å². The maximum absolute atomic E-state index is 13.5. The lowest BCUT2D eigenvalue weighted by atomic mass is 10.2. The summed E-state index contributed by atoms with van der Waals surface area (Å²) in [6.07, 6.45) is 2.50. The smallest absolute Gasteiger partial charge is 0.331 e. The standard InChI is InChI=1S/C19H16F3NO5/c1-26-14-7-3-11(9-15(14)27-2)4-8-17(25)28-10-16(24)23-13-6-5-12(20)18(21)19(13)22/h3-9H,10H2,1-2H3,(H,23,24)/b8-4+. The number of nitrogens with one attached hydrogen (secondary N) is 1. The zero-order chi connectivity index (χ0) is 20.7. The van der Waals surface area contributed by atoms with Crippen LogP contribution in [0.4, 0.5) is 18.9 Å². The van der Waals surface area contributed by atoms with E-state index in [9.17, 15) is 22.8 Å². The van der Waals surface area contributed by atoms with Crippen molar-refractivity contribution in [3.63, 3.8) is 0 Å². The van der Waals surface area contributed by atoms with Gasteiger partial charge in [-0.25, -0.2) is 18.0 Å². The third-order valence-corrected chi connectivity index (χ3v) is 3.47. The quantitative estimate of drug-likeness (QED) is 0.442. The summed E-state index contributed by atoms with van der Waals surface area (Å²) >= 11 is 0. The highest BCUT2D eigenvalue weighted by atomic mass is 19.2. The third kappa shape index (κ3) is 5.26. The van der Waals surface area contributed by atoms with Gasteiger partial charge in [0.25, 0.3) is 5.91 Å². The Hall–Kier alpha value is -3.49. The Morgan fingerprint density at radius 1 is 1.00 bits per heavy atom. The number of benzene rings is 2. The van der Waals surface area contributed by atoms with Crippen LogP contribution in [0.2, 0.25) is 0 Å². The summed E-state index contributed by atoms with van der Waals surface area (Å²) in [6.45, 7) is -0.743. The average molecular weight is 395 g/mol. The molecule has 0 atom stereocenters. The molecule has 0 aliphatic heterocycles. The largest absolute Gasteiger partial charge is 0.493 e. The van der Waals surface area contributed by atoms with Crippen LogP contribution in [0.3, 0.4) is 0 Å². The molecule has 0 unspecified atom stereocenters. The first kappa shape index (κ1) is 20.8. The van der Waals surface area contributed by atoms with Gasteiger partial charge in [-0.2, -0.15) is 0 Å². The summed E-state index contributed by atoms with van der Waals surface area (Å²) in [5.41, 5.74) is 0.0451. The lowest BCUT2D eigenvalue weighted by Crippen LogP contribution is -2.21. The average Bonchev–Trinajstić information content (AvgIpc) is 2.70. The molecule has 0 saturated heterocycles. The second-order valence-electron chi connectivity index (χ2n) is 5.33. The van der Waals surface area contributed by atoms with Gasteiger partial charge in [0.1, 0.15) is 0 Å². The summed E-state index contributed by atoms with van der Waals surface area (Å²) in [5.74, 6) is -5.43. The first-order valence-electron chi connectivity index (χ1n) is 7.86. The van der Waals surface area contributed by atoms with Crippen LogP contribution in [-0.2, 0) is 14.3 Å². The molecule has 0 saturated carbocycles. The van der Waals surface area contributed by atoms with Crippen LogP contribution in [0.1, 0.15) is 5.56 Å². The molecule has 1 N–H and O–H groups in total. The number of hydrogen-bond donors (Lipinski definition) is 1. The highest BCUT2D eigenvalue weighted by molar-refractivity contribution is 5.94. The van der Waals surface area contributed by atoms with Gasteiger partial charge in [-0.05, 0) is 35.9 Å². The monoisotopic (exact) mass is 395 g/mol. The molecule has 0 heterocycles. The van der Waals surface area contributed by atoms with Crippen LogP contribution in [0.5, 0.6) is 11.5 Å². The SMILES string of the molecule is COc1ccc(/C=C/C(=O)OCC(=O)Nc2ccc(F)c(F)c2F)cc1OC. The fourth-order valence-electron chi connectivity index (χ4n) is 2.11. The Kier molecular flexibility index (Phi) is 7.02. The van der Waals surface area contributed by atoms with Crippen LogP contribution < -0.4 is 14.8 Å². The number of halogens is 3. The third-order valence-electron chi connectivity index (χ3n) is 3.47. The van der Waals surface area contributed by atoms with Crippen molar-refractivity contribution < 1.29 is 37.0 Å². The Morgan fingerprint density at radius 3 is 2.39 bits per heavy atom. The molecule has 2 rings (SSSR count). The topological polar surface area (TPSA) is 73.9 Å². The molecule has 1 amide bonds. The fraction of sp³-hybridized carbons (Fsp3) is 0.158. The van der Waals surface area contributed by atoms with Gasteiger partial charge in [0.15, 0.2) is 35.6 Å². The van der Waals surface area contributed by atoms with Crippen LogP contribution in [0, 0.1) is 17.5 Å². The summed E-state index contributed by atoms with van der Waals surface area (Å²) in [7, 11) is 2.95. The Labute approximate surface area is 158 Å². The van der Waals surface area contributed by atoms with Crippen molar-refractivity contribution in [2.75, 3.05) is 26.1 Å². The van der Waals surface area contributed by atoms with Crippen molar-refractivity contribution in [1.82, 2.24) is 0 Å². The molecule has 6 nitrogen and oxygen atoms in total. The van der Waals surface area contributed by atoms with E-state index in [0.717, 1.165) is 12.1 Å². The lowest BCUT2D eigenvalue weighted by molar-refractivity contribution is -0.142. The number of carbonyl (C=O) groups is 2. The van der Waals surface area contributed by atoms with Gasteiger partial charge in [0.05, 0.1) is 19.9 Å². The number of amides is 1. The summed E-state index contributed by atoms with van der Waals surface area (Å²) < 4.78 is 54.4. The Bertz CT molecular complexity index is 915. The second kappa shape index (κ2) is 9.45. The van der Waals surface area contributed by atoms with E-state index in [0.29, 0.717) is 23.1 Å². The van der Waals surface area contributed by atoms with Gasteiger partial charge in [-0.15, -0.1) is 0 Å². The van der Waals surface area contributed by atoms with E-state index in [1.165, 1.54) is 20.3 Å². The van der Waals surface area contributed by atoms with Crippen molar-refractivity contribution in [3.05, 3.63) is 59.4 Å². The van der Waals surface area contributed by atoms with E-state index in [2.05, 4.69) is 0 Å². The molecule has 0 bridgehead atoms. The van der Waals surface area contributed by atoms with E-state index in [1.54, 1.807) is 18.2 Å². The normalized spacial score (nSPS) is 10.6. The number of anilines is 1. The van der Waals surface area contributed by atoms with Gasteiger partial charge in [-0.1, -0.05) is 6.07 Å². The number of esters is 1. The zero-order valence-electron chi connectivity index (χ0n) is 14.9. The van der Waals surface area contributed by atoms with Gasteiger partial charge in [0.2, 0.25) is 0 Å². The van der Waals surface area contributed by atoms with E-state index in [-0.39, 0.29) is 0 Å². The molecular formula is C19H16F3NO5. The van der Waals surface area contributed by atoms with Crippen molar-refractivity contribution in [1.29, 1.82) is 0 Å². The van der Waals surface area contributed by atoms with Crippen LogP contribution in [0.25, 0.3) is 6.08 Å². The van der Waals surface area contributed by atoms with E-state index in [1.807, 2.05) is 5.32 Å². The maximum atomic E-state index is 13.5. The zero-order valence-corrected chi connectivity index (χ0v) is 14.9. The van der Waals surface area contributed by atoms with Crippen molar-refractivity contribution in [2.24, 2.45) is 0 Å². The Balaban J connectivity index is 1.91. The fourth-order valence-corrected chi connectivity index (χ4v) is 2.11. The summed E-state index contributed by atoms with van der Waals surface area (Å²) in [5, 5.41) is 1.98. The molecule has 0 aliphatic rings. The predicted molar refractivity (Wildman–Crippen MR) is 94.5 cm³/mol. The minimum Gasteiger partial charge on any atom is -0.493 e. The molecule has 0 aliphatic carbocycles. The number of rotatable bonds is 7. The first-order valence-corrected chi connectivity index (χ1v) is 7.86. The molecule has 0 radical (unpaired) electrons. The molecule has 9 heteroatoms. The number of hydrogen-bond acceptors (Lipinski definition) is 5. The van der Waals surface area contributed by atoms with Crippen LogP contribution in [-0.4, -0.2) is 32.7 Å². The maximum Gasteiger partial charge on any atom is 0.331 e. The lowest BCUT2D eigenvalue weighted by Gasteiger charge is -2.08. The van der Waals surface area contributed by atoms with Crippen molar-refractivity contribution >= 4 is 23.6 Å². The summed E-state index contributed by atoms with van der Waals surface area (Å²) in [4.78, 5) is 23.4. The number of methoxy groups -OCH3 is 2. The van der Waals surface area contributed by atoms with Crippen molar-refractivity contribution in [3.8, 4) is 11.5 Å². The molecule has 28 heavy (non-hydrogen) atoms. The summed E-state index contributed by atoms with van der Waals surface area (Å²) in [6, 6.07) is 6.45. The number of carbonyl (C=O) groups excluding carboxylic acids is 2. The minimum absolute atomic E-state index is 0.464. The molecule has 0 aromatic heterocycles. The Morgan fingerprint density at radius 2 is 1.71 bits per heavy atom. The highest BCUT2D eigenvalue weighted by Gasteiger charge is 2.15. The van der Waals surface area contributed by atoms with Gasteiger partial charge in [0, 0.05) is 6.08 Å². The molecule has 0 fully saturated rings. The highest BCUT2D eigenvalue weighted by Crippen LogP contribution is 2.28.